The molecule has 2 aromatic rings. The third-order valence-corrected chi connectivity index (χ3v) is 4.42. The molecule has 1 N–H and O–H groups in total. The number of ether oxygens (including phenoxy) is 2. The average Bonchev–Trinajstić information content (AvgIpc) is 2.75. The molecular weight excluding hydrogens is 487 g/mol. The van der Waals surface area contributed by atoms with Crippen LogP contribution in [0.5, 0.6) is 11.5 Å². The number of benzene rings is 2. The SMILES string of the molecule is O=C(Cc1ccc2c(c1)OC(F)(F)O2)Nc1ccc(Br)cc1I. The monoisotopic (exact) mass is 495 g/mol. The molecule has 1 aliphatic rings. The second-order valence-electron chi connectivity index (χ2n) is 4.80. The second-order valence-corrected chi connectivity index (χ2v) is 6.88. The standard InChI is InChI=1S/C15H9BrF2INO3/c16-9-2-3-11(10(19)7-9)20-14(21)6-8-1-4-12-13(5-8)23-15(17,18)22-12/h1-5,7H,6H2,(H,20,21). The van der Waals surface area contributed by atoms with Gasteiger partial charge < -0.3 is 14.8 Å². The van der Waals surface area contributed by atoms with Crippen molar-refractivity contribution in [3.8, 4) is 11.5 Å². The van der Waals surface area contributed by atoms with Crippen LogP contribution in [0.1, 0.15) is 5.56 Å². The highest BCUT2D eigenvalue weighted by Crippen LogP contribution is 2.41. The molecule has 0 radical (unpaired) electrons. The van der Waals surface area contributed by atoms with Crippen LogP contribution in [-0.2, 0) is 11.2 Å². The number of amides is 1. The van der Waals surface area contributed by atoms with Gasteiger partial charge in [0.2, 0.25) is 5.91 Å². The van der Waals surface area contributed by atoms with E-state index in [0.29, 0.717) is 11.3 Å². The molecule has 3 rings (SSSR count). The highest BCUT2D eigenvalue weighted by molar-refractivity contribution is 14.1. The molecule has 120 valence electrons. The topological polar surface area (TPSA) is 47.6 Å². The van der Waals surface area contributed by atoms with Gasteiger partial charge in [-0.3, -0.25) is 4.79 Å². The summed E-state index contributed by atoms with van der Waals surface area (Å²) in [6.45, 7) is 0. The van der Waals surface area contributed by atoms with Crippen LogP contribution in [0, 0.1) is 3.57 Å². The number of alkyl halides is 2. The van der Waals surface area contributed by atoms with E-state index in [9.17, 15) is 13.6 Å². The van der Waals surface area contributed by atoms with Gasteiger partial charge in [0.1, 0.15) is 0 Å². The van der Waals surface area contributed by atoms with Crippen LogP contribution in [0.2, 0.25) is 0 Å². The third kappa shape index (κ3) is 3.92. The zero-order valence-electron chi connectivity index (χ0n) is 11.4. The van der Waals surface area contributed by atoms with Gasteiger partial charge in [0.05, 0.1) is 12.1 Å². The van der Waals surface area contributed by atoms with Crippen molar-refractivity contribution < 1.29 is 23.0 Å². The fourth-order valence-electron chi connectivity index (χ4n) is 2.07. The van der Waals surface area contributed by atoms with Gasteiger partial charge in [-0.1, -0.05) is 22.0 Å². The summed E-state index contributed by atoms with van der Waals surface area (Å²) in [5.41, 5.74) is 1.24. The Kier molecular flexibility index (Phi) is 4.45. The Morgan fingerprint density at radius 2 is 1.91 bits per heavy atom. The lowest BCUT2D eigenvalue weighted by Crippen LogP contribution is -2.25. The van der Waals surface area contributed by atoms with E-state index in [0.717, 1.165) is 8.04 Å². The molecule has 1 heterocycles. The van der Waals surface area contributed by atoms with Crippen molar-refractivity contribution >= 4 is 50.1 Å². The molecular formula is C15H9BrF2INO3. The number of carbonyl (C=O) groups is 1. The van der Waals surface area contributed by atoms with Gasteiger partial charge in [0.15, 0.2) is 11.5 Å². The van der Waals surface area contributed by atoms with Crippen molar-refractivity contribution in [2.75, 3.05) is 5.32 Å². The molecule has 23 heavy (non-hydrogen) atoms. The van der Waals surface area contributed by atoms with Gasteiger partial charge in [-0.2, -0.15) is 0 Å². The fraction of sp³-hybridized carbons (Fsp3) is 0.133. The van der Waals surface area contributed by atoms with Gasteiger partial charge >= 0.3 is 6.29 Å². The number of halogens is 4. The summed E-state index contributed by atoms with van der Waals surface area (Å²) in [6, 6.07) is 9.77. The summed E-state index contributed by atoms with van der Waals surface area (Å²) in [5, 5.41) is 2.78. The second kappa shape index (κ2) is 6.23. The van der Waals surface area contributed by atoms with Crippen LogP contribution < -0.4 is 14.8 Å². The lowest BCUT2D eigenvalue weighted by atomic mass is 10.1. The molecule has 1 aliphatic heterocycles. The molecule has 0 unspecified atom stereocenters. The highest BCUT2D eigenvalue weighted by atomic mass is 127. The Morgan fingerprint density at radius 1 is 1.17 bits per heavy atom. The lowest BCUT2D eigenvalue weighted by Gasteiger charge is -2.08. The summed E-state index contributed by atoms with van der Waals surface area (Å²) >= 11 is 5.46. The maximum atomic E-state index is 13.0. The molecule has 0 aromatic heterocycles. The van der Waals surface area contributed by atoms with Gasteiger partial charge in [-0.25, -0.2) is 0 Å². The first-order valence-electron chi connectivity index (χ1n) is 6.46. The molecule has 0 atom stereocenters. The van der Waals surface area contributed by atoms with Crippen molar-refractivity contribution in [2.24, 2.45) is 0 Å². The zero-order chi connectivity index (χ0) is 16.6. The quantitative estimate of drug-likeness (QED) is 0.635. The first-order chi connectivity index (χ1) is 10.8. The summed E-state index contributed by atoms with van der Waals surface area (Å²) in [4.78, 5) is 12.1. The van der Waals surface area contributed by atoms with E-state index in [1.54, 1.807) is 12.1 Å². The Hall–Kier alpha value is -1.42. The minimum atomic E-state index is -3.66. The molecule has 0 saturated carbocycles. The van der Waals surface area contributed by atoms with Crippen molar-refractivity contribution in [1.29, 1.82) is 0 Å². The number of anilines is 1. The van der Waals surface area contributed by atoms with Crippen molar-refractivity contribution in [2.45, 2.75) is 12.7 Å². The number of rotatable bonds is 3. The van der Waals surface area contributed by atoms with Crippen LogP contribution >= 0.6 is 38.5 Å². The van der Waals surface area contributed by atoms with E-state index >= 15 is 0 Å². The third-order valence-electron chi connectivity index (χ3n) is 3.04. The van der Waals surface area contributed by atoms with E-state index < -0.39 is 6.29 Å². The van der Waals surface area contributed by atoms with Crippen LogP contribution in [0.25, 0.3) is 0 Å². The minimum Gasteiger partial charge on any atom is -0.395 e. The zero-order valence-corrected chi connectivity index (χ0v) is 15.2. The van der Waals surface area contributed by atoms with Gasteiger partial charge in [-0.15, -0.1) is 8.78 Å². The number of carbonyl (C=O) groups excluding carboxylic acids is 1. The number of hydrogen-bond donors (Lipinski definition) is 1. The van der Waals surface area contributed by atoms with Crippen LogP contribution in [-0.4, -0.2) is 12.2 Å². The molecule has 4 nitrogen and oxygen atoms in total. The Balaban J connectivity index is 1.69. The summed E-state index contributed by atoms with van der Waals surface area (Å²) in [7, 11) is 0. The van der Waals surface area contributed by atoms with E-state index in [4.69, 9.17) is 0 Å². The Labute approximate surface area is 152 Å². The molecule has 0 bridgehead atoms. The maximum Gasteiger partial charge on any atom is 0.586 e. The lowest BCUT2D eigenvalue weighted by molar-refractivity contribution is -0.286. The van der Waals surface area contributed by atoms with E-state index in [-0.39, 0.29) is 23.8 Å². The predicted molar refractivity (Wildman–Crippen MR) is 91.8 cm³/mol. The van der Waals surface area contributed by atoms with E-state index in [2.05, 4.69) is 53.3 Å². The molecule has 1 amide bonds. The van der Waals surface area contributed by atoms with Crippen LogP contribution in [0.4, 0.5) is 14.5 Å². The first kappa shape index (κ1) is 16.4. The van der Waals surface area contributed by atoms with Gasteiger partial charge in [0, 0.05) is 8.04 Å². The van der Waals surface area contributed by atoms with Gasteiger partial charge in [-0.05, 0) is 58.5 Å². The van der Waals surface area contributed by atoms with Crippen molar-refractivity contribution in [3.63, 3.8) is 0 Å². The predicted octanol–water partition coefficient (Wildman–Crippen LogP) is 4.56. The molecule has 2 aromatic carbocycles. The number of hydrogen-bond acceptors (Lipinski definition) is 3. The molecule has 0 fully saturated rings. The molecule has 0 spiro atoms. The number of nitrogens with one attached hydrogen (secondary N) is 1. The summed E-state index contributed by atoms with van der Waals surface area (Å²) < 4.78 is 36.4. The largest absolute Gasteiger partial charge is 0.586 e. The molecule has 0 saturated heterocycles. The summed E-state index contributed by atoms with van der Waals surface area (Å²) in [6.07, 6.45) is -3.62. The Morgan fingerprint density at radius 3 is 2.65 bits per heavy atom. The van der Waals surface area contributed by atoms with Crippen LogP contribution in [0.3, 0.4) is 0 Å². The van der Waals surface area contributed by atoms with E-state index in [1.807, 2.05) is 12.1 Å². The average molecular weight is 496 g/mol. The Bertz CT molecular complexity index is 785. The number of fused-ring (bicyclic) bond motifs is 1. The molecule has 8 heteroatoms. The minimum absolute atomic E-state index is 0.0361. The van der Waals surface area contributed by atoms with Crippen molar-refractivity contribution in [1.82, 2.24) is 0 Å². The van der Waals surface area contributed by atoms with Crippen molar-refractivity contribution in [3.05, 3.63) is 50.0 Å². The normalized spacial score (nSPS) is 14.6. The smallest absolute Gasteiger partial charge is 0.395 e. The van der Waals surface area contributed by atoms with Crippen LogP contribution in [0.15, 0.2) is 40.9 Å². The summed E-state index contributed by atoms with van der Waals surface area (Å²) in [5.74, 6) is -0.365. The van der Waals surface area contributed by atoms with E-state index in [1.165, 1.54) is 12.1 Å². The first-order valence-corrected chi connectivity index (χ1v) is 8.33. The fourth-order valence-corrected chi connectivity index (χ4v) is 3.51. The molecule has 0 aliphatic carbocycles. The highest BCUT2D eigenvalue weighted by Gasteiger charge is 2.43. The van der Waals surface area contributed by atoms with Gasteiger partial charge in [0.25, 0.3) is 0 Å². The maximum absolute atomic E-state index is 13.0.